The monoisotopic (exact) mass is 531 g/mol. The van der Waals surface area contributed by atoms with E-state index in [1.54, 1.807) is 22.3 Å². The lowest BCUT2D eigenvalue weighted by atomic mass is 9.95. The van der Waals surface area contributed by atoms with Crippen molar-refractivity contribution in [3.8, 4) is 11.5 Å². The molecule has 0 radical (unpaired) electrons. The molecular formula is C29H29N3O5S. The quantitative estimate of drug-likeness (QED) is 0.447. The van der Waals surface area contributed by atoms with Crippen LogP contribution in [0.4, 0.5) is 5.69 Å². The summed E-state index contributed by atoms with van der Waals surface area (Å²) in [6, 6.07) is 16.8. The van der Waals surface area contributed by atoms with Gasteiger partial charge in [0.2, 0.25) is 5.91 Å². The Kier molecular flexibility index (Phi) is 6.53. The fourth-order valence-corrected chi connectivity index (χ4v) is 6.28. The Morgan fingerprint density at radius 3 is 2.71 bits per heavy atom. The smallest absolute Gasteiger partial charge is 0.263 e. The molecule has 3 aromatic rings. The number of para-hydroxylation sites is 2. The summed E-state index contributed by atoms with van der Waals surface area (Å²) < 4.78 is 11.8. The number of ether oxygens (including phenoxy) is 2. The fourth-order valence-electron chi connectivity index (χ4n) is 5.53. The molecule has 8 nitrogen and oxygen atoms in total. The van der Waals surface area contributed by atoms with Crippen LogP contribution < -0.4 is 14.4 Å². The molecule has 1 saturated heterocycles. The lowest BCUT2D eigenvalue weighted by molar-refractivity contribution is -0.135. The predicted octanol–water partition coefficient (Wildman–Crippen LogP) is 4.06. The molecule has 4 heterocycles. The van der Waals surface area contributed by atoms with Crippen LogP contribution in [0.5, 0.6) is 11.5 Å². The molecule has 2 unspecified atom stereocenters. The Balaban J connectivity index is 1.17. The molecule has 196 valence electrons. The van der Waals surface area contributed by atoms with E-state index in [4.69, 9.17) is 9.47 Å². The summed E-state index contributed by atoms with van der Waals surface area (Å²) >= 11 is 1.64. The Morgan fingerprint density at radius 1 is 1.05 bits per heavy atom. The molecule has 1 aromatic heterocycles. The van der Waals surface area contributed by atoms with E-state index in [9.17, 15) is 14.4 Å². The Hall–Kier alpha value is -3.85. The van der Waals surface area contributed by atoms with Gasteiger partial charge in [-0.15, -0.1) is 11.3 Å². The molecule has 0 saturated carbocycles. The number of fused-ring (bicyclic) bond motifs is 2. The summed E-state index contributed by atoms with van der Waals surface area (Å²) in [6.07, 6.45) is 1.19. The number of benzene rings is 2. The number of amides is 3. The van der Waals surface area contributed by atoms with E-state index in [1.165, 1.54) is 4.90 Å². The largest absolute Gasteiger partial charge is 0.486 e. The molecule has 2 atom stereocenters. The number of carbonyl (C=O) groups is 3. The molecule has 0 spiro atoms. The first kappa shape index (κ1) is 24.5. The van der Waals surface area contributed by atoms with E-state index in [1.807, 2.05) is 61.0 Å². The standard InChI is InChI=1S/C29H29N3O5S/c1-30(17-21-8-6-14-38-21)27(33)19-7-5-13-31(15-19)23-10-4-9-22-26(23)29(35)32(28(22)34)16-20-18-36-24-11-2-3-12-25(24)37-20/h2-4,6,8-12,14,19-20H,5,7,13,15-18H2,1H3. The summed E-state index contributed by atoms with van der Waals surface area (Å²) in [5.41, 5.74) is 1.52. The van der Waals surface area contributed by atoms with E-state index in [2.05, 4.69) is 4.90 Å². The normalized spacial score (nSPS) is 20.4. The number of rotatable bonds is 6. The van der Waals surface area contributed by atoms with Crippen LogP contribution in [0.15, 0.2) is 60.0 Å². The molecule has 6 rings (SSSR count). The topological polar surface area (TPSA) is 79.4 Å². The number of anilines is 1. The van der Waals surface area contributed by atoms with Gasteiger partial charge in [-0.05, 0) is 48.6 Å². The third-order valence-corrected chi connectivity index (χ3v) is 8.25. The summed E-state index contributed by atoms with van der Waals surface area (Å²) in [5, 5.41) is 2.01. The van der Waals surface area contributed by atoms with Gasteiger partial charge in [-0.25, -0.2) is 0 Å². The van der Waals surface area contributed by atoms with E-state index < -0.39 is 6.10 Å². The molecule has 3 amide bonds. The number of thiophene rings is 1. The minimum Gasteiger partial charge on any atom is -0.486 e. The lowest BCUT2D eigenvalue weighted by Gasteiger charge is -2.36. The van der Waals surface area contributed by atoms with Crippen molar-refractivity contribution < 1.29 is 23.9 Å². The van der Waals surface area contributed by atoms with E-state index in [0.717, 1.165) is 24.3 Å². The van der Waals surface area contributed by atoms with Crippen LogP contribution in [0.2, 0.25) is 0 Å². The highest BCUT2D eigenvalue weighted by Crippen LogP contribution is 2.36. The zero-order valence-corrected chi connectivity index (χ0v) is 22.0. The second-order valence-electron chi connectivity index (χ2n) is 9.98. The molecule has 9 heteroatoms. The van der Waals surface area contributed by atoms with E-state index >= 15 is 0 Å². The van der Waals surface area contributed by atoms with Crippen LogP contribution >= 0.6 is 11.3 Å². The van der Waals surface area contributed by atoms with Gasteiger partial charge < -0.3 is 19.3 Å². The van der Waals surface area contributed by atoms with Gasteiger partial charge in [0.25, 0.3) is 11.8 Å². The highest BCUT2D eigenvalue weighted by Gasteiger charge is 2.41. The first-order chi connectivity index (χ1) is 18.5. The SMILES string of the molecule is CN(Cc1cccs1)C(=O)C1CCCN(c2cccc3c2C(=O)N(CC2COc4ccccc4O2)C3=O)C1. The number of carbonyl (C=O) groups excluding carboxylic acids is 3. The van der Waals surface area contributed by atoms with Crippen molar-refractivity contribution in [3.63, 3.8) is 0 Å². The van der Waals surface area contributed by atoms with Crippen molar-refractivity contribution in [2.75, 3.05) is 38.2 Å². The van der Waals surface area contributed by atoms with Crippen molar-refractivity contribution in [1.29, 1.82) is 0 Å². The van der Waals surface area contributed by atoms with Crippen LogP contribution in [0.1, 0.15) is 38.4 Å². The van der Waals surface area contributed by atoms with Gasteiger partial charge in [0.05, 0.1) is 35.8 Å². The number of piperidine rings is 1. The maximum atomic E-state index is 13.6. The molecule has 3 aliphatic rings. The lowest BCUT2D eigenvalue weighted by Crippen LogP contribution is -2.44. The van der Waals surface area contributed by atoms with Crippen LogP contribution in [-0.4, -0.2) is 66.9 Å². The number of imide groups is 1. The molecule has 2 aromatic carbocycles. The number of hydrogen-bond acceptors (Lipinski definition) is 7. The molecule has 0 N–H and O–H groups in total. The van der Waals surface area contributed by atoms with Gasteiger partial charge in [-0.2, -0.15) is 0 Å². The Labute approximate surface area is 225 Å². The zero-order chi connectivity index (χ0) is 26.2. The summed E-state index contributed by atoms with van der Waals surface area (Å²) in [7, 11) is 1.84. The minimum absolute atomic E-state index is 0.106. The van der Waals surface area contributed by atoms with Crippen molar-refractivity contribution in [2.24, 2.45) is 5.92 Å². The summed E-state index contributed by atoms with van der Waals surface area (Å²) in [4.78, 5) is 46.5. The van der Waals surface area contributed by atoms with Crippen LogP contribution in [0.3, 0.4) is 0 Å². The second kappa shape index (κ2) is 10.1. The average Bonchev–Trinajstić information content (AvgIpc) is 3.55. The van der Waals surface area contributed by atoms with Crippen molar-refractivity contribution in [3.05, 3.63) is 76.0 Å². The maximum Gasteiger partial charge on any atom is 0.263 e. The molecule has 0 aliphatic carbocycles. The van der Waals surface area contributed by atoms with Crippen molar-refractivity contribution in [1.82, 2.24) is 9.80 Å². The third-order valence-electron chi connectivity index (χ3n) is 7.39. The van der Waals surface area contributed by atoms with Gasteiger partial charge >= 0.3 is 0 Å². The van der Waals surface area contributed by atoms with Gasteiger partial charge in [0.15, 0.2) is 17.6 Å². The minimum atomic E-state index is -0.452. The summed E-state index contributed by atoms with van der Waals surface area (Å²) in [6.45, 7) is 2.20. The predicted molar refractivity (Wildman–Crippen MR) is 144 cm³/mol. The molecular weight excluding hydrogens is 502 g/mol. The van der Waals surface area contributed by atoms with Crippen molar-refractivity contribution >= 4 is 34.7 Å². The highest BCUT2D eigenvalue weighted by molar-refractivity contribution is 7.09. The first-order valence-electron chi connectivity index (χ1n) is 12.9. The van der Waals surface area contributed by atoms with Crippen LogP contribution in [-0.2, 0) is 11.3 Å². The van der Waals surface area contributed by atoms with Crippen LogP contribution in [0.25, 0.3) is 0 Å². The Morgan fingerprint density at radius 2 is 1.89 bits per heavy atom. The van der Waals surface area contributed by atoms with Crippen LogP contribution in [0, 0.1) is 5.92 Å². The molecule has 1 fully saturated rings. The van der Waals surface area contributed by atoms with E-state index in [-0.39, 0.29) is 36.8 Å². The number of hydrogen-bond donors (Lipinski definition) is 0. The van der Waals surface area contributed by atoms with Gasteiger partial charge in [0, 0.05) is 25.0 Å². The number of nitrogens with zero attached hydrogens (tertiary/aromatic N) is 3. The zero-order valence-electron chi connectivity index (χ0n) is 21.2. The first-order valence-corrected chi connectivity index (χ1v) is 13.8. The molecule has 0 bridgehead atoms. The highest BCUT2D eigenvalue weighted by atomic mass is 32.1. The maximum absolute atomic E-state index is 13.6. The van der Waals surface area contributed by atoms with E-state index in [0.29, 0.717) is 41.4 Å². The molecule has 38 heavy (non-hydrogen) atoms. The van der Waals surface area contributed by atoms with Gasteiger partial charge in [-0.1, -0.05) is 24.3 Å². The van der Waals surface area contributed by atoms with Crippen molar-refractivity contribution in [2.45, 2.75) is 25.5 Å². The van der Waals surface area contributed by atoms with Gasteiger partial charge in [0.1, 0.15) is 6.61 Å². The molecule has 3 aliphatic heterocycles. The average molecular weight is 532 g/mol. The van der Waals surface area contributed by atoms with Gasteiger partial charge in [-0.3, -0.25) is 19.3 Å². The second-order valence-corrected chi connectivity index (χ2v) is 11.0. The third kappa shape index (κ3) is 4.51. The summed E-state index contributed by atoms with van der Waals surface area (Å²) in [5.74, 6) is 0.550. The fraction of sp³-hybridized carbons (Fsp3) is 0.345. The Bertz CT molecular complexity index is 1370.